The number of pyridine rings is 1. The number of fused-ring (bicyclic) bond motifs is 3. The molecule has 0 saturated heterocycles. The van der Waals surface area contributed by atoms with Gasteiger partial charge in [0.1, 0.15) is 6.04 Å². The second kappa shape index (κ2) is 14.8. The molecule has 2 aromatic carbocycles. The summed E-state index contributed by atoms with van der Waals surface area (Å²) in [7, 11) is 4.67. The van der Waals surface area contributed by atoms with E-state index in [4.69, 9.17) is 14.2 Å². The number of nitrogens with zero attached hydrogens (tertiary/aromatic N) is 1. The van der Waals surface area contributed by atoms with E-state index in [1.54, 1.807) is 57.6 Å². The van der Waals surface area contributed by atoms with Gasteiger partial charge in [0.2, 0.25) is 23.0 Å². The van der Waals surface area contributed by atoms with Crippen LogP contribution >= 0.6 is 11.8 Å². The van der Waals surface area contributed by atoms with Gasteiger partial charge in [-0.3, -0.25) is 19.4 Å². The molecule has 0 saturated carbocycles. The molecular formula is C32H38N4O6S. The Balaban J connectivity index is 1.80. The Morgan fingerprint density at radius 1 is 1.09 bits per heavy atom. The van der Waals surface area contributed by atoms with Crippen LogP contribution in [0.4, 0.5) is 5.69 Å². The smallest absolute Gasteiger partial charge is 0.242 e. The predicted molar refractivity (Wildman–Crippen MR) is 169 cm³/mol. The van der Waals surface area contributed by atoms with Crippen molar-refractivity contribution in [2.24, 2.45) is 0 Å². The third kappa shape index (κ3) is 7.40. The van der Waals surface area contributed by atoms with Crippen LogP contribution in [0.2, 0.25) is 0 Å². The van der Waals surface area contributed by atoms with Crippen molar-refractivity contribution in [3.8, 4) is 28.4 Å². The third-order valence-electron chi connectivity index (χ3n) is 7.36. The highest BCUT2D eigenvalue weighted by molar-refractivity contribution is 7.98. The van der Waals surface area contributed by atoms with E-state index in [-0.39, 0.29) is 22.9 Å². The van der Waals surface area contributed by atoms with E-state index < -0.39 is 12.1 Å². The minimum Gasteiger partial charge on any atom is -0.493 e. The minimum atomic E-state index is -0.642. The molecule has 2 unspecified atom stereocenters. The summed E-state index contributed by atoms with van der Waals surface area (Å²) in [5.74, 6) is 1.73. The first kappa shape index (κ1) is 31.7. The molecule has 0 spiro atoms. The molecule has 1 aromatic heterocycles. The number of carbonyl (C=O) groups is 2. The number of amides is 2. The molecule has 0 bridgehead atoms. The lowest BCUT2D eigenvalue weighted by Crippen LogP contribution is -2.40. The number of hydrogen-bond donors (Lipinski definition) is 3. The van der Waals surface area contributed by atoms with Gasteiger partial charge < -0.3 is 30.2 Å². The second-order valence-electron chi connectivity index (χ2n) is 10.2. The van der Waals surface area contributed by atoms with Crippen molar-refractivity contribution in [3.63, 3.8) is 0 Å². The number of methoxy groups -OCH3 is 3. The Bertz CT molecular complexity index is 1520. The number of nitrogens with one attached hydrogen (secondary N) is 3. The number of anilines is 1. The van der Waals surface area contributed by atoms with Crippen LogP contribution in [0.25, 0.3) is 11.1 Å². The van der Waals surface area contributed by atoms with Crippen molar-refractivity contribution in [1.82, 2.24) is 15.6 Å². The molecule has 2 amide bonds. The SMILES string of the molecule is COc1cc2c(c(OC)c1OC)-c1ccc(NC(CCSC)C(=O)NCc3cccnc3)c(=O)cc1C(NC(C)=O)CC2. The zero-order valence-corrected chi connectivity index (χ0v) is 25.9. The normalized spacial score (nSPS) is 14.3. The summed E-state index contributed by atoms with van der Waals surface area (Å²) in [6, 6.07) is 9.62. The van der Waals surface area contributed by atoms with Crippen LogP contribution in [0.1, 0.15) is 42.5 Å². The first-order valence-electron chi connectivity index (χ1n) is 14.0. The van der Waals surface area contributed by atoms with Gasteiger partial charge in [0.15, 0.2) is 11.5 Å². The zero-order chi connectivity index (χ0) is 30.9. The number of thioether (sulfide) groups is 1. The summed E-state index contributed by atoms with van der Waals surface area (Å²) in [6.07, 6.45) is 7.02. The van der Waals surface area contributed by atoms with Gasteiger partial charge in [-0.2, -0.15) is 11.8 Å². The molecule has 4 rings (SSSR count). The molecule has 11 heteroatoms. The number of benzene rings is 1. The Morgan fingerprint density at radius 2 is 1.88 bits per heavy atom. The van der Waals surface area contributed by atoms with Gasteiger partial charge in [-0.05, 0) is 77.8 Å². The Labute approximate surface area is 255 Å². The lowest BCUT2D eigenvalue weighted by Gasteiger charge is -2.19. The van der Waals surface area contributed by atoms with Crippen molar-refractivity contribution in [2.75, 3.05) is 38.7 Å². The van der Waals surface area contributed by atoms with E-state index in [1.807, 2.05) is 30.5 Å². The van der Waals surface area contributed by atoms with E-state index in [0.717, 1.165) is 28.0 Å². The third-order valence-corrected chi connectivity index (χ3v) is 8.01. The van der Waals surface area contributed by atoms with E-state index in [2.05, 4.69) is 20.9 Å². The fraction of sp³-hybridized carbons (Fsp3) is 0.375. The molecular weight excluding hydrogens is 568 g/mol. The molecule has 228 valence electrons. The number of rotatable bonds is 12. The first-order chi connectivity index (χ1) is 20.8. The van der Waals surface area contributed by atoms with Gasteiger partial charge in [0.05, 0.1) is 33.1 Å². The van der Waals surface area contributed by atoms with Crippen molar-refractivity contribution < 1.29 is 23.8 Å². The Hall–Kier alpha value is -4.25. The summed E-state index contributed by atoms with van der Waals surface area (Å²) in [5, 5.41) is 9.18. The molecule has 3 aromatic rings. The highest BCUT2D eigenvalue weighted by Crippen LogP contribution is 2.50. The molecule has 43 heavy (non-hydrogen) atoms. The fourth-order valence-corrected chi connectivity index (χ4v) is 5.81. The van der Waals surface area contributed by atoms with Gasteiger partial charge in [-0.15, -0.1) is 0 Å². The highest BCUT2D eigenvalue weighted by Gasteiger charge is 2.30. The van der Waals surface area contributed by atoms with Crippen molar-refractivity contribution in [3.05, 3.63) is 75.7 Å². The average Bonchev–Trinajstić information content (AvgIpc) is 3.25. The number of hydrogen-bond acceptors (Lipinski definition) is 9. The summed E-state index contributed by atoms with van der Waals surface area (Å²) in [4.78, 5) is 43.3. The number of aryl methyl sites for hydroxylation is 1. The van der Waals surface area contributed by atoms with Gasteiger partial charge in [0.25, 0.3) is 0 Å². The van der Waals surface area contributed by atoms with E-state index >= 15 is 0 Å². The lowest BCUT2D eigenvalue weighted by molar-refractivity contribution is -0.122. The van der Waals surface area contributed by atoms with Crippen LogP contribution in [0.5, 0.6) is 17.2 Å². The van der Waals surface area contributed by atoms with Gasteiger partial charge in [-0.1, -0.05) is 12.1 Å². The molecule has 0 radical (unpaired) electrons. The van der Waals surface area contributed by atoms with Gasteiger partial charge >= 0.3 is 0 Å². The maximum atomic E-state index is 13.7. The predicted octanol–water partition coefficient (Wildman–Crippen LogP) is 4.11. The lowest BCUT2D eigenvalue weighted by atomic mass is 9.95. The largest absolute Gasteiger partial charge is 0.493 e. The van der Waals surface area contributed by atoms with Crippen molar-refractivity contribution in [1.29, 1.82) is 0 Å². The average molecular weight is 607 g/mol. The Morgan fingerprint density at radius 3 is 2.53 bits per heavy atom. The summed E-state index contributed by atoms with van der Waals surface area (Å²) < 4.78 is 17.1. The van der Waals surface area contributed by atoms with E-state index in [0.29, 0.717) is 48.6 Å². The van der Waals surface area contributed by atoms with E-state index in [9.17, 15) is 14.4 Å². The van der Waals surface area contributed by atoms with Crippen molar-refractivity contribution in [2.45, 2.75) is 44.8 Å². The van der Waals surface area contributed by atoms with Crippen LogP contribution in [0, 0.1) is 0 Å². The van der Waals surface area contributed by atoms with Crippen LogP contribution < -0.4 is 35.6 Å². The van der Waals surface area contributed by atoms with Crippen molar-refractivity contribution >= 4 is 29.3 Å². The molecule has 10 nitrogen and oxygen atoms in total. The molecule has 1 aliphatic carbocycles. The summed E-state index contributed by atoms with van der Waals surface area (Å²) in [5.41, 5.74) is 3.92. The highest BCUT2D eigenvalue weighted by atomic mass is 32.2. The van der Waals surface area contributed by atoms with Gasteiger partial charge in [0, 0.05) is 31.4 Å². The summed E-state index contributed by atoms with van der Waals surface area (Å²) in [6.45, 7) is 1.78. The Kier molecular flexibility index (Phi) is 10.9. The quantitative estimate of drug-likeness (QED) is 0.279. The molecule has 2 atom stereocenters. The molecule has 3 N–H and O–H groups in total. The maximum Gasteiger partial charge on any atom is 0.242 e. The number of carbonyl (C=O) groups excluding carboxylic acids is 2. The number of aromatic nitrogens is 1. The molecule has 0 aliphatic heterocycles. The van der Waals surface area contributed by atoms with Gasteiger partial charge in [-0.25, -0.2) is 0 Å². The van der Waals surface area contributed by atoms with Crippen LogP contribution in [-0.2, 0) is 22.6 Å². The summed E-state index contributed by atoms with van der Waals surface area (Å²) >= 11 is 1.62. The number of ether oxygens (including phenoxy) is 3. The molecule has 1 heterocycles. The molecule has 1 aliphatic rings. The minimum absolute atomic E-state index is 0.205. The topological polar surface area (TPSA) is 128 Å². The first-order valence-corrected chi connectivity index (χ1v) is 15.4. The van der Waals surface area contributed by atoms with E-state index in [1.165, 1.54) is 6.92 Å². The standard InChI is InChI=1S/C32H38N4O6S/c1-19(37)35-24-10-8-21-15-28(40-2)30(41-3)31(42-4)29(21)22-9-11-25(27(38)16-23(22)24)36-26(12-14-43-5)32(39)34-18-20-7-6-13-33-17-20/h6-7,9,11,13,15-17,24,26H,8,10,12,14,18H2,1-5H3,(H,34,39)(H,35,37)(H,36,38). The fourth-order valence-electron chi connectivity index (χ4n) is 5.33. The van der Waals surface area contributed by atoms with Crippen LogP contribution in [-0.4, -0.2) is 56.2 Å². The van der Waals surface area contributed by atoms with Crippen LogP contribution in [0.15, 0.2) is 53.6 Å². The van der Waals surface area contributed by atoms with Crippen LogP contribution in [0.3, 0.4) is 0 Å². The monoisotopic (exact) mass is 606 g/mol. The maximum absolute atomic E-state index is 13.7. The second-order valence-corrected chi connectivity index (χ2v) is 11.1. The molecule has 0 fully saturated rings. The zero-order valence-electron chi connectivity index (χ0n) is 25.1.